The summed E-state index contributed by atoms with van der Waals surface area (Å²) < 4.78 is 0.646. The smallest absolute Gasteiger partial charge is 0.269 e. The average Bonchev–Trinajstić information content (AvgIpc) is 2.62. The Hall–Kier alpha value is -1.26. The third-order valence-electron chi connectivity index (χ3n) is 4.18. The van der Waals surface area contributed by atoms with E-state index in [9.17, 15) is 20.3 Å². The van der Waals surface area contributed by atoms with Crippen molar-refractivity contribution in [3.05, 3.63) is 39.9 Å². The number of aliphatic hydroxyl groups is 2. The maximum atomic E-state index is 10.8. The molecule has 2 atom stereocenters. The average molecular weight is 386 g/mol. The van der Waals surface area contributed by atoms with E-state index < -0.39 is 17.1 Å². The molecule has 2 N–H and O–H groups in total. The highest BCUT2D eigenvalue weighted by atomic mass is 32.2. The second-order valence-corrected chi connectivity index (χ2v) is 7.52. The molecule has 1 aromatic rings. The summed E-state index contributed by atoms with van der Waals surface area (Å²) in [7, 11) is 0. The van der Waals surface area contributed by atoms with Crippen molar-refractivity contribution in [3.8, 4) is 0 Å². The summed E-state index contributed by atoms with van der Waals surface area (Å²) in [6.45, 7) is 3.37. The Morgan fingerprint density at radius 3 is 2.64 bits per heavy atom. The molecule has 1 aliphatic heterocycles. The lowest BCUT2D eigenvalue weighted by molar-refractivity contribution is -0.384. The number of nitro benzene ring substituents is 1. The predicted molar refractivity (Wildman–Crippen MR) is 102 cm³/mol. The summed E-state index contributed by atoms with van der Waals surface area (Å²) in [6, 6.07) is 5.14. The lowest BCUT2D eigenvalue weighted by Gasteiger charge is -2.42. The van der Waals surface area contributed by atoms with Gasteiger partial charge in [0.2, 0.25) is 0 Å². The summed E-state index contributed by atoms with van der Waals surface area (Å²) in [5, 5.41) is 31.3. The van der Waals surface area contributed by atoms with E-state index in [0.29, 0.717) is 16.6 Å². The van der Waals surface area contributed by atoms with Gasteiger partial charge in [-0.2, -0.15) is 0 Å². The molecule has 1 saturated heterocycles. The first-order valence-corrected chi connectivity index (χ1v) is 9.56. The van der Waals surface area contributed by atoms with E-state index in [1.165, 1.54) is 36.0 Å². The zero-order chi connectivity index (χ0) is 18.4. The zero-order valence-corrected chi connectivity index (χ0v) is 15.7. The fraction of sp³-hybridized carbons (Fsp3) is 0.562. The maximum absolute atomic E-state index is 10.8. The maximum Gasteiger partial charge on any atom is 0.269 e. The van der Waals surface area contributed by atoms with Crippen molar-refractivity contribution in [1.29, 1.82) is 0 Å². The second-order valence-electron chi connectivity index (χ2n) is 5.94. The Kier molecular flexibility index (Phi) is 7.57. The number of aliphatic hydroxyl groups excluding tert-OH is 2. The highest BCUT2D eigenvalue weighted by Gasteiger charge is 2.32. The number of thioether (sulfide) groups is 1. The first-order chi connectivity index (χ1) is 12.0. The Balaban J connectivity index is 2.12. The van der Waals surface area contributed by atoms with Gasteiger partial charge in [0, 0.05) is 18.7 Å². The van der Waals surface area contributed by atoms with Crippen LogP contribution in [0.15, 0.2) is 24.3 Å². The number of nitro groups is 1. The molecule has 1 heterocycles. The van der Waals surface area contributed by atoms with Gasteiger partial charge in [0.05, 0.1) is 30.1 Å². The summed E-state index contributed by atoms with van der Waals surface area (Å²) >= 11 is 6.93. The number of thiocarbonyl (C=S) groups is 1. The molecule has 0 radical (unpaired) electrons. The van der Waals surface area contributed by atoms with Gasteiger partial charge in [0.1, 0.15) is 10.4 Å². The van der Waals surface area contributed by atoms with Crippen LogP contribution >= 0.6 is 24.0 Å². The molecule has 0 aliphatic carbocycles. The Morgan fingerprint density at radius 1 is 1.40 bits per heavy atom. The van der Waals surface area contributed by atoms with Crippen LogP contribution in [0.25, 0.3) is 0 Å². The first-order valence-electron chi connectivity index (χ1n) is 8.17. The van der Waals surface area contributed by atoms with Crippen molar-refractivity contribution in [2.24, 2.45) is 0 Å². The van der Waals surface area contributed by atoms with Crippen LogP contribution in [0.1, 0.15) is 31.4 Å². The van der Waals surface area contributed by atoms with Gasteiger partial charge >= 0.3 is 0 Å². The lowest BCUT2D eigenvalue weighted by Crippen LogP contribution is -2.53. The van der Waals surface area contributed by atoms with Gasteiger partial charge in [-0.05, 0) is 24.1 Å². The van der Waals surface area contributed by atoms with Gasteiger partial charge in [-0.3, -0.25) is 15.0 Å². The van der Waals surface area contributed by atoms with E-state index in [1.807, 2.05) is 4.90 Å². The molecule has 25 heavy (non-hydrogen) atoms. The monoisotopic (exact) mass is 385 g/mol. The molecule has 1 aliphatic rings. The van der Waals surface area contributed by atoms with Gasteiger partial charge in [0.15, 0.2) is 0 Å². The molecule has 0 amide bonds. The fourth-order valence-corrected chi connectivity index (χ4v) is 3.90. The van der Waals surface area contributed by atoms with Gasteiger partial charge in [-0.1, -0.05) is 37.3 Å². The van der Waals surface area contributed by atoms with Crippen molar-refractivity contribution < 1.29 is 15.1 Å². The van der Waals surface area contributed by atoms with Crippen molar-refractivity contribution in [1.82, 2.24) is 9.80 Å². The SMILES string of the molecule is CCCCN1CSC(=S)N(C(CO)[C@@H](O)c2ccc([N+](=O)[O-])cc2)C1. The molecule has 2 rings (SSSR count). The van der Waals surface area contributed by atoms with E-state index in [-0.39, 0.29) is 12.3 Å². The third kappa shape index (κ3) is 5.11. The largest absolute Gasteiger partial charge is 0.394 e. The van der Waals surface area contributed by atoms with Crippen LogP contribution in [-0.4, -0.2) is 61.0 Å². The minimum Gasteiger partial charge on any atom is -0.394 e. The van der Waals surface area contributed by atoms with Crippen LogP contribution in [-0.2, 0) is 0 Å². The van der Waals surface area contributed by atoms with Gasteiger partial charge in [-0.25, -0.2) is 0 Å². The molecule has 0 bridgehead atoms. The Bertz CT molecular complexity index is 600. The number of hydrogen-bond acceptors (Lipinski definition) is 7. The zero-order valence-electron chi connectivity index (χ0n) is 14.1. The highest BCUT2D eigenvalue weighted by molar-refractivity contribution is 8.22. The summed E-state index contributed by atoms with van der Waals surface area (Å²) in [5.41, 5.74) is 0.481. The van der Waals surface area contributed by atoms with Crippen molar-refractivity contribution in [3.63, 3.8) is 0 Å². The number of non-ortho nitro benzene ring substituents is 1. The number of rotatable bonds is 8. The lowest BCUT2D eigenvalue weighted by atomic mass is 10.0. The molecule has 1 fully saturated rings. The van der Waals surface area contributed by atoms with Crippen molar-refractivity contribution >= 4 is 34.0 Å². The van der Waals surface area contributed by atoms with Crippen LogP contribution in [0.4, 0.5) is 5.69 Å². The highest BCUT2D eigenvalue weighted by Crippen LogP contribution is 2.28. The summed E-state index contributed by atoms with van der Waals surface area (Å²) in [6.07, 6.45) is 1.19. The normalized spacial score (nSPS) is 18.2. The molecule has 1 unspecified atom stereocenters. The molecule has 0 saturated carbocycles. The van der Waals surface area contributed by atoms with E-state index in [0.717, 1.165) is 25.3 Å². The summed E-state index contributed by atoms with van der Waals surface area (Å²) in [4.78, 5) is 14.3. The third-order valence-corrected chi connectivity index (χ3v) is 5.75. The van der Waals surface area contributed by atoms with Crippen molar-refractivity contribution in [2.45, 2.75) is 31.9 Å². The standard InChI is InChI=1S/C16H23N3O4S2/c1-2-3-8-17-10-18(16(24)25-11-17)14(9-20)15(21)12-4-6-13(7-5-12)19(22)23/h4-7,14-15,20-21H,2-3,8-11H2,1H3/t14?,15-/m0/s1. The minimum atomic E-state index is -0.990. The van der Waals surface area contributed by atoms with E-state index in [2.05, 4.69) is 11.8 Å². The fourth-order valence-electron chi connectivity index (χ4n) is 2.68. The number of hydrogen-bond donors (Lipinski definition) is 2. The molecule has 9 heteroatoms. The van der Waals surface area contributed by atoms with Gasteiger partial charge in [0.25, 0.3) is 5.69 Å². The Morgan fingerprint density at radius 2 is 2.08 bits per heavy atom. The molecule has 7 nitrogen and oxygen atoms in total. The Labute approximate surface area is 156 Å². The predicted octanol–water partition coefficient (Wildman–Crippen LogP) is 2.34. The number of nitrogens with zero attached hydrogens (tertiary/aromatic N) is 3. The topological polar surface area (TPSA) is 90.1 Å². The van der Waals surface area contributed by atoms with Crippen LogP contribution in [0, 0.1) is 10.1 Å². The van der Waals surface area contributed by atoms with Crippen molar-refractivity contribution in [2.75, 3.05) is 25.7 Å². The first kappa shape index (κ1) is 20.1. The molecular weight excluding hydrogens is 362 g/mol. The van der Waals surface area contributed by atoms with Crippen LogP contribution in [0.3, 0.4) is 0 Å². The van der Waals surface area contributed by atoms with Gasteiger partial charge < -0.3 is 15.1 Å². The van der Waals surface area contributed by atoms with Crippen LogP contribution in [0.2, 0.25) is 0 Å². The van der Waals surface area contributed by atoms with Crippen LogP contribution in [0.5, 0.6) is 0 Å². The number of unbranched alkanes of at least 4 members (excludes halogenated alkanes) is 1. The number of benzene rings is 1. The molecular formula is C16H23N3O4S2. The van der Waals surface area contributed by atoms with E-state index in [1.54, 1.807) is 0 Å². The summed E-state index contributed by atoms with van der Waals surface area (Å²) in [5.74, 6) is 0.807. The van der Waals surface area contributed by atoms with Gasteiger partial charge in [-0.15, -0.1) is 0 Å². The van der Waals surface area contributed by atoms with Crippen LogP contribution < -0.4 is 0 Å². The minimum absolute atomic E-state index is 0.0358. The molecule has 138 valence electrons. The molecule has 0 aromatic heterocycles. The molecule has 0 spiro atoms. The second kappa shape index (κ2) is 9.44. The van der Waals surface area contributed by atoms with E-state index >= 15 is 0 Å². The molecule has 1 aromatic carbocycles. The van der Waals surface area contributed by atoms with E-state index in [4.69, 9.17) is 12.2 Å². The quantitative estimate of drug-likeness (QED) is 0.400.